The van der Waals surface area contributed by atoms with Crippen molar-refractivity contribution in [3.05, 3.63) is 151 Å². The summed E-state index contributed by atoms with van der Waals surface area (Å²) in [5, 5.41) is 21.6. The summed E-state index contributed by atoms with van der Waals surface area (Å²) in [6, 6.07) is 56.4. The van der Waals surface area contributed by atoms with Gasteiger partial charge in [0.2, 0.25) is 0 Å². The first-order valence-electron chi connectivity index (χ1n) is 19.7. The summed E-state index contributed by atoms with van der Waals surface area (Å²) in [5.74, 6) is 0. The summed E-state index contributed by atoms with van der Waals surface area (Å²) in [4.78, 5) is 4.78. The molecule has 8 aromatic carbocycles. The van der Waals surface area contributed by atoms with Gasteiger partial charge in [0, 0.05) is 33.5 Å². The number of hydrogen-bond donors (Lipinski definition) is 0. The third-order valence-corrected chi connectivity index (χ3v) is 17.5. The molecule has 0 N–H and O–H groups in total. The highest BCUT2D eigenvalue weighted by molar-refractivity contribution is 6.89. The van der Waals surface area contributed by atoms with Crippen LogP contribution in [0.1, 0.15) is 5.56 Å². The van der Waals surface area contributed by atoms with E-state index in [9.17, 15) is 5.26 Å². The van der Waals surface area contributed by atoms with Gasteiger partial charge >= 0.3 is 0 Å². The molecular formula is C50H51N3Si3. The zero-order valence-electron chi connectivity index (χ0n) is 34.2. The standard InChI is InChI=1S/C50H51N3Si3/c1-54(2,3)42-23-17-38(18-24-42)52(39-19-25-43(26-20-39)55(4,5)6)47-31-15-36-14-30-46-48(32-16-37-13-29-45(47)49(36)50(37)46)53(41-12-10-11-35(33-41)34-51)40-21-27-44(28-22-40)56(7,8)9/h10-33H,1-9H3. The Morgan fingerprint density at radius 3 is 1.11 bits per heavy atom. The van der Waals surface area contributed by atoms with E-state index in [2.05, 4.69) is 202 Å². The van der Waals surface area contributed by atoms with E-state index < -0.39 is 24.2 Å². The first-order valence-corrected chi connectivity index (χ1v) is 30.2. The first kappa shape index (κ1) is 37.5. The topological polar surface area (TPSA) is 30.3 Å². The lowest BCUT2D eigenvalue weighted by Crippen LogP contribution is -2.37. The number of nitriles is 1. The van der Waals surface area contributed by atoms with Gasteiger partial charge in [0.15, 0.2) is 0 Å². The molecule has 0 aromatic heterocycles. The van der Waals surface area contributed by atoms with Crippen molar-refractivity contribution in [2.75, 3.05) is 9.80 Å². The molecule has 0 unspecified atom stereocenters. The van der Waals surface area contributed by atoms with Crippen LogP contribution in [0.2, 0.25) is 58.9 Å². The van der Waals surface area contributed by atoms with Crippen LogP contribution in [0.15, 0.2) is 146 Å². The second-order valence-electron chi connectivity index (χ2n) is 18.3. The van der Waals surface area contributed by atoms with Crippen LogP contribution >= 0.6 is 0 Å². The van der Waals surface area contributed by atoms with E-state index in [1.165, 1.54) is 53.6 Å². The van der Waals surface area contributed by atoms with E-state index in [0.29, 0.717) is 5.56 Å². The Morgan fingerprint density at radius 2 is 0.750 bits per heavy atom. The van der Waals surface area contributed by atoms with Gasteiger partial charge in [-0.05, 0) is 88.3 Å². The van der Waals surface area contributed by atoms with Crippen molar-refractivity contribution in [2.24, 2.45) is 0 Å². The SMILES string of the molecule is C[Si](C)(C)c1ccc(N(c2ccc([Si](C)(C)C)cc2)c2ccc3ccc4c(N(c5ccc([Si](C)(C)C)cc5)c5cccc(C#N)c5)ccc5ccc2c3c54)cc1. The molecule has 8 aromatic rings. The second kappa shape index (κ2) is 13.9. The lowest BCUT2D eigenvalue weighted by molar-refractivity contribution is 1.29. The van der Waals surface area contributed by atoms with Crippen LogP contribution in [0.4, 0.5) is 34.1 Å². The zero-order chi connectivity index (χ0) is 39.6. The normalized spacial score (nSPS) is 12.4. The Labute approximate surface area is 335 Å². The van der Waals surface area contributed by atoms with Gasteiger partial charge in [0.05, 0.1) is 47.2 Å². The molecule has 0 fully saturated rings. The summed E-state index contributed by atoms with van der Waals surface area (Å²) >= 11 is 0. The third kappa shape index (κ3) is 6.85. The molecule has 0 aliphatic rings. The van der Waals surface area contributed by atoms with Crippen LogP contribution in [0.25, 0.3) is 32.3 Å². The smallest absolute Gasteiger partial charge is 0.0992 e. The number of nitrogens with zero attached hydrogens (tertiary/aromatic N) is 3. The minimum absolute atomic E-state index is 0.643. The molecule has 0 saturated carbocycles. The number of hydrogen-bond acceptors (Lipinski definition) is 3. The molecule has 0 amide bonds. The quantitative estimate of drug-likeness (QED) is 0.108. The Hall–Kier alpha value is -5.46. The van der Waals surface area contributed by atoms with Gasteiger partial charge in [-0.15, -0.1) is 0 Å². The molecule has 0 bridgehead atoms. The highest BCUT2D eigenvalue weighted by Gasteiger charge is 2.24. The molecule has 8 rings (SSSR count). The molecule has 0 radical (unpaired) electrons. The maximum atomic E-state index is 9.94. The van der Waals surface area contributed by atoms with Crippen molar-refractivity contribution >= 4 is 106 Å². The molecular weight excluding hydrogens is 727 g/mol. The molecule has 6 heteroatoms. The summed E-state index contributed by atoms with van der Waals surface area (Å²) in [5.41, 5.74) is 7.27. The van der Waals surface area contributed by atoms with Gasteiger partial charge in [-0.1, -0.05) is 153 Å². The maximum Gasteiger partial charge on any atom is 0.0992 e. The van der Waals surface area contributed by atoms with Gasteiger partial charge in [-0.2, -0.15) is 5.26 Å². The number of rotatable bonds is 9. The van der Waals surface area contributed by atoms with Gasteiger partial charge in [0.1, 0.15) is 0 Å². The largest absolute Gasteiger partial charge is 0.310 e. The summed E-state index contributed by atoms with van der Waals surface area (Å²) in [7, 11) is -4.46. The monoisotopic (exact) mass is 777 g/mol. The molecule has 0 heterocycles. The van der Waals surface area contributed by atoms with E-state index in [4.69, 9.17) is 0 Å². The number of benzene rings is 8. The maximum absolute atomic E-state index is 9.94. The molecule has 0 aliphatic heterocycles. The van der Waals surface area contributed by atoms with Crippen LogP contribution < -0.4 is 25.4 Å². The number of anilines is 6. The fourth-order valence-electron chi connectivity index (χ4n) is 8.06. The fraction of sp³-hybridized carbons (Fsp3) is 0.180. The Kier molecular flexibility index (Phi) is 9.32. The Balaban J connectivity index is 1.37. The molecule has 56 heavy (non-hydrogen) atoms. The molecule has 0 saturated heterocycles. The highest BCUT2D eigenvalue weighted by atomic mass is 28.3. The average molecular weight is 778 g/mol. The van der Waals surface area contributed by atoms with Crippen molar-refractivity contribution in [2.45, 2.75) is 58.9 Å². The predicted molar refractivity (Wildman–Crippen MR) is 253 cm³/mol. The molecule has 0 atom stereocenters. The van der Waals surface area contributed by atoms with Crippen molar-refractivity contribution in [3.8, 4) is 6.07 Å². The summed E-state index contributed by atoms with van der Waals surface area (Å²) < 4.78 is 0. The van der Waals surface area contributed by atoms with Crippen molar-refractivity contribution in [1.82, 2.24) is 0 Å². The zero-order valence-corrected chi connectivity index (χ0v) is 37.2. The molecule has 0 aliphatic carbocycles. The van der Waals surface area contributed by atoms with Gasteiger partial charge < -0.3 is 9.80 Å². The van der Waals surface area contributed by atoms with E-state index in [1.807, 2.05) is 18.2 Å². The van der Waals surface area contributed by atoms with Gasteiger partial charge in [0.25, 0.3) is 0 Å². The van der Waals surface area contributed by atoms with Gasteiger partial charge in [-0.25, -0.2) is 0 Å². The van der Waals surface area contributed by atoms with E-state index in [0.717, 1.165) is 28.4 Å². The Morgan fingerprint density at radius 1 is 0.393 bits per heavy atom. The van der Waals surface area contributed by atoms with Crippen molar-refractivity contribution in [1.29, 1.82) is 5.26 Å². The summed E-state index contributed by atoms with van der Waals surface area (Å²) in [6.45, 7) is 21.6. The predicted octanol–water partition coefficient (Wildman–Crippen LogP) is 13.0. The fourth-order valence-corrected chi connectivity index (χ4v) is 11.6. The molecule has 278 valence electrons. The van der Waals surface area contributed by atoms with Crippen LogP contribution in [0.5, 0.6) is 0 Å². The van der Waals surface area contributed by atoms with Crippen LogP contribution in [0.3, 0.4) is 0 Å². The van der Waals surface area contributed by atoms with E-state index >= 15 is 0 Å². The van der Waals surface area contributed by atoms with Crippen molar-refractivity contribution < 1.29 is 0 Å². The minimum Gasteiger partial charge on any atom is -0.310 e. The lowest BCUT2D eigenvalue weighted by atomic mass is 9.91. The van der Waals surface area contributed by atoms with Crippen LogP contribution in [-0.4, -0.2) is 24.2 Å². The molecule has 3 nitrogen and oxygen atoms in total. The Bertz CT molecular complexity index is 2690. The van der Waals surface area contributed by atoms with Crippen LogP contribution in [0, 0.1) is 11.3 Å². The average Bonchev–Trinajstić information content (AvgIpc) is 3.18. The van der Waals surface area contributed by atoms with E-state index in [-0.39, 0.29) is 0 Å². The molecule has 0 spiro atoms. The minimum atomic E-state index is -1.50. The van der Waals surface area contributed by atoms with E-state index in [1.54, 1.807) is 0 Å². The third-order valence-electron chi connectivity index (χ3n) is 11.3. The summed E-state index contributed by atoms with van der Waals surface area (Å²) in [6.07, 6.45) is 0. The lowest BCUT2D eigenvalue weighted by Gasteiger charge is -2.30. The van der Waals surface area contributed by atoms with Crippen LogP contribution in [-0.2, 0) is 0 Å². The first-order chi connectivity index (χ1) is 26.6. The second-order valence-corrected chi connectivity index (χ2v) is 33.5. The van der Waals surface area contributed by atoms with Crippen molar-refractivity contribution in [3.63, 3.8) is 0 Å². The van der Waals surface area contributed by atoms with Gasteiger partial charge in [-0.3, -0.25) is 0 Å². The highest BCUT2D eigenvalue weighted by Crippen LogP contribution is 2.47.